The van der Waals surface area contributed by atoms with Crippen LogP contribution < -0.4 is 5.32 Å². The molecule has 2 aliphatic rings. The van der Waals surface area contributed by atoms with Crippen molar-refractivity contribution in [1.82, 2.24) is 5.32 Å². The van der Waals surface area contributed by atoms with E-state index in [4.69, 9.17) is 0 Å². The Balaban J connectivity index is 1.65. The summed E-state index contributed by atoms with van der Waals surface area (Å²) in [5.74, 6) is 0.769. The van der Waals surface area contributed by atoms with Crippen molar-refractivity contribution in [1.29, 1.82) is 0 Å². The van der Waals surface area contributed by atoms with Gasteiger partial charge in [0.05, 0.1) is 0 Å². The Kier molecular flexibility index (Phi) is 6.56. The third-order valence-electron chi connectivity index (χ3n) is 6.21. The van der Waals surface area contributed by atoms with Crippen LogP contribution in [0.25, 0.3) is 0 Å². The van der Waals surface area contributed by atoms with E-state index in [2.05, 4.69) is 35.6 Å². The number of rotatable bonds is 1. The SMILES string of the molecule is c1ccc(C2CCNC3(CCCCCCCCCCC3)C2)cc1. The second kappa shape index (κ2) is 8.87. The van der Waals surface area contributed by atoms with Gasteiger partial charge in [-0.15, -0.1) is 0 Å². The largest absolute Gasteiger partial charge is 0.311 e. The van der Waals surface area contributed by atoms with Crippen molar-refractivity contribution >= 4 is 0 Å². The Morgan fingerprint density at radius 3 is 1.91 bits per heavy atom. The van der Waals surface area contributed by atoms with Crippen molar-refractivity contribution in [3.05, 3.63) is 35.9 Å². The van der Waals surface area contributed by atoms with Crippen molar-refractivity contribution < 1.29 is 0 Å². The highest BCUT2D eigenvalue weighted by atomic mass is 15.0. The molecule has 1 spiro atoms. The minimum atomic E-state index is 0.429. The maximum atomic E-state index is 3.99. The van der Waals surface area contributed by atoms with Gasteiger partial charge >= 0.3 is 0 Å². The topological polar surface area (TPSA) is 12.0 Å². The second-order valence-corrected chi connectivity index (χ2v) is 7.99. The van der Waals surface area contributed by atoms with Crippen LogP contribution >= 0.6 is 0 Å². The molecule has 1 aromatic carbocycles. The van der Waals surface area contributed by atoms with Crippen LogP contribution in [0.15, 0.2) is 30.3 Å². The van der Waals surface area contributed by atoms with E-state index in [-0.39, 0.29) is 0 Å². The zero-order valence-electron chi connectivity index (χ0n) is 14.9. The highest BCUT2D eigenvalue weighted by molar-refractivity contribution is 5.21. The highest BCUT2D eigenvalue weighted by Crippen LogP contribution is 2.38. The van der Waals surface area contributed by atoms with Gasteiger partial charge in [0, 0.05) is 5.54 Å². The van der Waals surface area contributed by atoms with Gasteiger partial charge in [0.1, 0.15) is 0 Å². The summed E-state index contributed by atoms with van der Waals surface area (Å²) in [5, 5.41) is 3.99. The van der Waals surface area contributed by atoms with Gasteiger partial charge in [-0.1, -0.05) is 88.1 Å². The first-order valence-electron chi connectivity index (χ1n) is 10.2. The molecule has 1 saturated heterocycles. The quantitative estimate of drug-likeness (QED) is 0.651. The monoisotopic (exact) mass is 313 g/mol. The molecule has 1 heteroatoms. The second-order valence-electron chi connectivity index (χ2n) is 7.99. The Morgan fingerprint density at radius 1 is 0.739 bits per heavy atom. The molecule has 2 fully saturated rings. The molecule has 128 valence electrons. The Labute approximate surface area is 143 Å². The predicted molar refractivity (Wildman–Crippen MR) is 99.9 cm³/mol. The van der Waals surface area contributed by atoms with Crippen LogP contribution in [-0.4, -0.2) is 12.1 Å². The molecular formula is C22H35N. The van der Waals surface area contributed by atoms with E-state index in [0.717, 1.165) is 5.92 Å². The molecule has 0 radical (unpaired) electrons. The molecular weight excluding hydrogens is 278 g/mol. The third kappa shape index (κ3) is 5.08. The summed E-state index contributed by atoms with van der Waals surface area (Å²) >= 11 is 0. The summed E-state index contributed by atoms with van der Waals surface area (Å²) < 4.78 is 0. The van der Waals surface area contributed by atoms with Gasteiger partial charge in [0.2, 0.25) is 0 Å². The van der Waals surface area contributed by atoms with E-state index in [0.29, 0.717) is 5.54 Å². The molecule has 1 unspecified atom stereocenters. The van der Waals surface area contributed by atoms with E-state index in [9.17, 15) is 0 Å². The zero-order chi connectivity index (χ0) is 15.8. The fraction of sp³-hybridized carbons (Fsp3) is 0.727. The molecule has 1 aliphatic carbocycles. The van der Waals surface area contributed by atoms with E-state index in [1.807, 2.05) is 0 Å². The van der Waals surface area contributed by atoms with E-state index in [1.165, 1.54) is 90.0 Å². The van der Waals surface area contributed by atoms with Gasteiger partial charge < -0.3 is 5.32 Å². The lowest BCUT2D eigenvalue weighted by atomic mass is 9.73. The predicted octanol–water partition coefficient (Wildman–Crippen LogP) is 6.20. The van der Waals surface area contributed by atoms with Crippen LogP contribution in [0.4, 0.5) is 0 Å². The first kappa shape index (κ1) is 17.0. The van der Waals surface area contributed by atoms with Crippen LogP contribution in [0.2, 0.25) is 0 Å². The Hall–Kier alpha value is -0.820. The lowest BCUT2D eigenvalue weighted by Gasteiger charge is -2.43. The summed E-state index contributed by atoms with van der Waals surface area (Å²) in [6, 6.07) is 11.3. The van der Waals surface area contributed by atoms with E-state index in [1.54, 1.807) is 5.56 Å². The van der Waals surface area contributed by atoms with Crippen molar-refractivity contribution in [2.75, 3.05) is 6.54 Å². The molecule has 1 heterocycles. The van der Waals surface area contributed by atoms with Gasteiger partial charge in [-0.25, -0.2) is 0 Å². The zero-order valence-corrected chi connectivity index (χ0v) is 14.9. The number of hydrogen-bond acceptors (Lipinski definition) is 1. The molecule has 1 atom stereocenters. The van der Waals surface area contributed by atoms with E-state index >= 15 is 0 Å². The van der Waals surface area contributed by atoms with Gasteiger partial charge in [-0.3, -0.25) is 0 Å². The van der Waals surface area contributed by atoms with Gasteiger partial charge in [-0.2, -0.15) is 0 Å². The lowest BCUT2D eigenvalue weighted by Crippen LogP contribution is -2.50. The average Bonchev–Trinajstić information content (AvgIpc) is 2.59. The lowest BCUT2D eigenvalue weighted by molar-refractivity contribution is 0.189. The van der Waals surface area contributed by atoms with Crippen LogP contribution in [0, 0.1) is 0 Å². The molecule has 0 aromatic heterocycles. The van der Waals surface area contributed by atoms with Gasteiger partial charge in [0.25, 0.3) is 0 Å². The molecule has 1 nitrogen and oxygen atoms in total. The minimum Gasteiger partial charge on any atom is -0.311 e. The van der Waals surface area contributed by atoms with Crippen LogP contribution in [0.3, 0.4) is 0 Å². The standard InChI is InChI=1S/C22H35N/c1-2-4-6-11-16-22(17-12-7-5-3-1)19-21(15-18-23-22)20-13-9-8-10-14-20/h8-10,13-14,21,23H,1-7,11-12,15-19H2. The number of benzene rings is 1. The van der Waals surface area contributed by atoms with Crippen molar-refractivity contribution in [3.63, 3.8) is 0 Å². The van der Waals surface area contributed by atoms with Crippen LogP contribution in [-0.2, 0) is 0 Å². The summed E-state index contributed by atoms with van der Waals surface area (Å²) in [5.41, 5.74) is 2.00. The summed E-state index contributed by atoms with van der Waals surface area (Å²) in [6.45, 7) is 1.21. The molecule has 23 heavy (non-hydrogen) atoms. The average molecular weight is 314 g/mol. The number of nitrogens with one attached hydrogen (secondary N) is 1. The van der Waals surface area contributed by atoms with Crippen LogP contribution in [0.1, 0.15) is 95.0 Å². The summed E-state index contributed by atoms with van der Waals surface area (Å²) in [6.07, 6.45) is 18.5. The highest BCUT2D eigenvalue weighted by Gasteiger charge is 2.35. The first-order valence-corrected chi connectivity index (χ1v) is 10.2. The van der Waals surface area contributed by atoms with Crippen molar-refractivity contribution in [2.45, 2.75) is 94.9 Å². The Bertz CT molecular complexity index is 427. The van der Waals surface area contributed by atoms with Crippen LogP contribution in [0.5, 0.6) is 0 Å². The van der Waals surface area contributed by atoms with Crippen molar-refractivity contribution in [2.24, 2.45) is 0 Å². The Morgan fingerprint density at radius 2 is 1.30 bits per heavy atom. The molecule has 0 amide bonds. The smallest absolute Gasteiger partial charge is 0.0187 e. The van der Waals surface area contributed by atoms with Gasteiger partial charge in [0.15, 0.2) is 0 Å². The maximum absolute atomic E-state index is 3.99. The molecule has 0 bridgehead atoms. The molecule has 1 saturated carbocycles. The third-order valence-corrected chi connectivity index (χ3v) is 6.21. The minimum absolute atomic E-state index is 0.429. The van der Waals surface area contributed by atoms with Gasteiger partial charge in [-0.05, 0) is 43.7 Å². The number of piperidine rings is 1. The summed E-state index contributed by atoms with van der Waals surface area (Å²) in [7, 11) is 0. The fourth-order valence-corrected chi connectivity index (χ4v) is 4.84. The van der Waals surface area contributed by atoms with Crippen molar-refractivity contribution in [3.8, 4) is 0 Å². The summed E-state index contributed by atoms with van der Waals surface area (Å²) in [4.78, 5) is 0. The van der Waals surface area contributed by atoms with E-state index < -0.39 is 0 Å². The maximum Gasteiger partial charge on any atom is 0.0187 e. The molecule has 1 aromatic rings. The molecule has 3 rings (SSSR count). The first-order chi connectivity index (χ1) is 11.4. The number of hydrogen-bond donors (Lipinski definition) is 1. The molecule has 1 aliphatic heterocycles. The fourth-order valence-electron chi connectivity index (χ4n) is 4.84. The normalized spacial score (nSPS) is 27.0. The molecule has 1 N–H and O–H groups in total.